The van der Waals surface area contributed by atoms with Crippen LogP contribution in [-0.2, 0) is 19.6 Å². The third-order valence-electron chi connectivity index (χ3n) is 4.04. The van der Waals surface area contributed by atoms with Gasteiger partial charge in [0.05, 0.1) is 11.5 Å². The molecule has 0 aliphatic carbocycles. The van der Waals surface area contributed by atoms with E-state index in [2.05, 4.69) is 10.0 Å². The van der Waals surface area contributed by atoms with E-state index < -0.39 is 22.0 Å². The highest BCUT2D eigenvalue weighted by atomic mass is 32.2. The van der Waals surface area contributed by atoms with Crippen LogP contribution in [0.5, 0.6) is 0 Å². The standard InChI is InChI=1S/C18H18N2O5S/c1-12-4-2-3-5-15(12)17(21)19-13-6-8-14(9-7-13)26(23,24)20-16-10-11-25-18(16)22/h2-9,16,20H,10-11H2,1H3,(H,19,21)/t16-/m0/s1. The maximum Gasteiger partial charge on any atom is 0.324 e. The van der Waals surface area contributed by atoms with Gasteiger partial charge >= 0.3 is 5.97 Å². The average molecular weight is 374 g/mol. The molecule has 0 spiro atoms. The largest absolute Gasteiger partial charge is 0.464 e. The van der Waals surface area contributed by atoms with Gasteiger partial charge in [-0.25, -0.2) is 8.42 Å². The first-order valence-corrected chi connectivity index (χ1v) is 9.51. The summed E-state index contributed by atoms with van der Waals surface area (Å²) in [6.45, 7) is 2.04. The molecule has 7 nitrogen and oxygen atoms in total. The highest BCUT2D eigenvalue weighted by molar-refractivity contribution is 7.89. The van der Waals surface area contributed by atoms with Crippen LogP contribution in [0.4, 0.5) is 5.69 Å². The zero-order valence-corrected chi connectivity index (χ0v) is 14.9. The Balaban J connectivity index is 1.71. The van der Waals surface area contributed by atoms with Crippen LogP contribution >= 0.6 is 0 Å². The molecule has 0 unspecified atom stereocenters. The summed E-state index contributed by atoms with van der Waals surface area (Å²) >= 11 is 0. The van der Waals surface area contributed by atoms with E-state index in [1.54, 1.807) is 12.1 Å². The Hall–Kier alpha value is -2.71. The fourth-order valence-electron chi connectivity index (χ4n) is 2.60. The van der Waals surface area contributed by atoms with Crippen molar-refractivity contribution in [2.24, 2.45) is 0 Å². The van der Waals surface area contributed by atoms with Crippen molar-refractivity contribution in [2.75, 3.05) is 11.9 Å². The van der Waals surface area contributed by atoms with Crippen LogP contribution in [0.1, 0.15) is 22.3 Å². The number of aryl methyl sites for hydroxylation is 1. The number of nitrogens with one attached hydrogen (secondary N) is 2. The molecule has 1 saturated heterocycles. The molecule has 1 fully saturated rings. The first-order valence-electron chi connectivity index (χ1n) is 8.03. The number of carbonyl (C=O) groups is 2. The summed E-state index contributed by atoms with van der Waals surface area (Å²) in [6.07, 6.45) is 0.308. The van der Waals surface area contributed by atoms with Crippen molar-refractivity contribution < 1.29 is 22.7 Å². The monoisotopic (exact) mass is 374 g/mol. The summed E-state index contributed by atoms with van der Waals surface area (Å²) in [5.41, 5.74) is 1.86. The number of amides is 1. The Kier molecular flexibility index (Phi) is 5.06. The van der Waals surface area contributed by atoms with Gasteiger partial charge in [0.15, 0.2) is 0 Å². The molecule has 2 aromatic carbocycles. The molecular weight excluding hydrogens is 356 g/mol. The molecule has 136 valence electrons. The maximum absolute atomic E-state index is 12.3. The van der Waals surface area contributed by atoms with E-state index in [-0.39, 0.29) is 17.4 Å². The molecular formula is C18H18N2O5S. The molecule has 1 aliphatic rings. The summed E-state index contributed by atoms with van der Waals surface area (Å²) < 4.78 is 31.7. The molecule has 0 radical (unpaired) electrons. The molecule has 26 heavy (non-hydrogen) atoms. The van der Waals surface area contributed by atoms with Gasteiger partial charge in [0.2, 0.25) is 10.0 Å². The minimum absolute atomic E-state index is 0.00564. The van der Waals surface area contributed by atoms with Gasteiger partial charge in [0, 0.05) is 17.7 Å². The predicted octanol–water partition coefficient (Wildman–Crippen LogP) is 1.84. The zero-order valence-electron chi connectivity index (χ0n) is 14.1. The minimum Gasteiger partial charge on any atom is -0.464 e. The highest BCUT2D eigenvalue weighted by Gasteiger charge is 2.31. The maximum atomic E-state index is 12.3. The zero-order chi connectivity index (χ0) is 18.7. The lowest BCUT2D eigenvalue weighted by Gasteiger charge is -2.11. The van der Waals surface area contributed by atoms with Crippen LogP contribution in [0.15, 0.2) is 53.4 Å². The molecule has 3 rings (SSSR count). The van der Waals surface area contributed by atoms with E-state index in [4.69, 9.17) is 4.74 Å². The lowest BCUT2D eigenvalue weighted by molar-refractivity contribution is -0.139. The number of ether oxygens (including phenoxy) is 1. The van der Waals surface area contributed by atoms with Gasteiger partial charge in [-0.3, -0.25) is 9.59 Å². The number of hydrogen-bond acceptors (Lipinski definition) is 5. The molecule has 2 N–H and O–H groups in total. The predicted molar refractivity (Wildman–Crippen MR) is 95.3 cm³/mol. The fourth-order valence-corrected chi connectivity index (χ4v) is 3.82. The number of hydrogen-bond donors (Lipinski definition) is 2. The van der Waals surface area contributed by atoms with Crippen LogP contribution in [0, 0.1) is 6.92 Å². The van der Waals surface area contributed by atoms with Crippen LogP contribution in [-0.4, -0.2) is 32.9 Å². The number of benzene rings is 2. The summed E-state index contributed by atoms with van der Waals surface area (Å²) in [5, 5.41) is 2.73. The molecule has 1 heterocycles. The highest BCUT2D eigenvalue weighted by Crippen LogP contribution is 2.17. The number of rotatable bonds is 5. The van der Waals surface area contributed by atoms with Gasteiger partial charge in [0.1, 0.15) is 6.04 Å². The van der Waals surface area contributed by atoms with Gasteiger partial charge in [-0.15, -0.1) is 0 Å². The molecule has 0 aromatic heterocycles. The third kappa shape index (κ3) is 3.92. The van der Waals surface area contributed by atoms with Crippen molar-refractivity contribution >= 4 is 27.6 Å². The lowest BCUT2D eigenvalue weighted by atomic mass is 10.1. The smallest absolute Gasteiger partial charge is 0.324 e. The molecule has 2 aromatic rings. The third-order valence-corrected chi connectivity index (χ3v) is 5.53. The van der Waals surface area contributed by atoms with Crippen molar-refractivity contribution in [3.8, 4) is 0 Å². The van der Waals surface area contributed by atoms with Crippen molar-refractivity contribution in [2.45, 2.75) is 24.3 Å². The van der Waals surface area contributed by atoms with Crippen LogP contribution in [0.25, 0.3) is 0 Å². The van der Waals surface area contributed by atoms with Gasteiger partial charge in [-0.1, -0.05) is 18.2 Å². The van der Waals surface area contributed by atoms with Crippen molar-refractivity contribution in [1.82, 2.24) is 4.72 Å². The lowest BCUT2D eigenvalue weighted by Crippen LogP contribution is -2.37. The molecule has 0 saturated carbocycles. The van der Waals surface area contributed by atoms with Crippen LogP contribution < -0.4 is 10.0 Å². The van der Waals surface area contributed by atoms with E-state index in [1.807, 2.05) is 19.1 Å². The van der Waals surface area contributed by atoms with Gasteiger partial charge in [0.25, 0.3) is 5.91 Å². The SMILES string of the molecule is Cc1ccccc1C(=O)Nc1ccc(S(=O)(=O)N[C@H]2CCOC2=O)cc1. The Morgan fingerprint density at radius 3 is 2.42 bits per heavy atom. The normalized spacial score (nSPS) is 17.0. The summed E-state index contributed by atoms with van der Waals surface area (Å²) in [6, 6.07) is 12.1. The van der Waals surface area contributed by atoms with E-state index >= 15 is 0 Å². The first kappa shape index (κ1) is 18.1. The Bertz CT molecular complexity index is 938. The molecule has 1 aliphatic heterocycles. The average Bonchev–Trinajstić information content (AvgIpc) is 3.00. The second-order valence-electron chi connectivity index (χ2n) is 5.92. The van der Waals surface area contributed by atoms with Gasteiger partial charge in [-0.2, -0.15) is 4.72 Å². The quantitative estimate of drug-likeness (QED) is 0.778. The van der Waals surface area contributed by atoms with E-state index in [9.17, 15) is 18.0 Å². The number of anilines is 1. The minimum atomic E-state index is -3.84. The second-order valence-corrected chi connectivity index (χ2v) is 7.64. The number of esters is 1. The molecule has 0 bridgehead atoms. The van der Waals surface area contributed by atoms with E-state index in [0.29, 0.717) is 17.7 Å². The van der Waals surface area contributed by atoms with E-state index in [1.165, 1.54) is 24.3 Å². The molecule has 1 amide bonds. The second kappa shape index (κ2) is 7.27. The topological polar surface area (TPSA) is 102 Å². The Morgan fingerprint density at radius 2 is 1.81 bits per heavy atom. The van der Waals surface area contributed by atoms with Crippen molar-refractivity contribution in [3.05, 3.63) is 59.7 Å². The summed E-state index contributed by atoms with van der Waals surface area (Å²) in [4.78, 5) is 23.7. The van der Waals surface area contributed by atoms with Crippen molar-refractivity contribution in [3.63, 3.8) is 0 Å². The fraction of sp³-hybridized carbons (Fsp3) is 0.222. The number of sulfonamides is 1. The number of cyclic esters (lactones) is 1. The Labute approximate surface area is 151 Å². The molecule has 8 heteroatoms. The van der Waals surface area contributed by atoms with Crippen LogP contribution in [0.3, 0.4) is 0 Å². The summed E-state index contributed by atoms with van der Waals surface area (Å²) in [7, 11) is -3.84. The Morgan fingerprint density at radius 1 is 1.12 bits per heavy atom. The summed E-state index contributed by atoms with van der Waals surface area (Å²) in [5.74, 6) is -0.846. The first-order chi connectivity index (χ1) is 12.4. The van der Waals surface area contributed by atoms with Crippen LogP contribution in [0.2, 0.25) is 0 Å². The molecule has 1 atom stereocenters. The van der Waals surface area contributed by atoms with E-state index in [0.717, 1.165) is 5.56 Å². The van der Waals surface area contributed by atoms with Gasteiger partial charge < -0.3 is 10.1 Å². The van der Waals surface area contributed by atoms with Crippen molar-refractivity contribution in [1.29, 1.82) is 0 Å². The van der Waals surface area contributed by atoms with Gasteiger partial charge in [-0.05, 0) is 42.8 Å². The number of carbonyl (C=O) groups excluding carboxylic acids is 2.